The average Bonchev–Trinajstić information content (AvgIpc) is 2.34. The molecule has 0 aliphatic heterocycles. The fourth-order valence-corrected chi connectivity index (χ4v) is 1.54. The molecule has 96 valence electrons. The highest BCUT2D eigenvalue weighted by Gasteiger charge is 2.05. The number of nitrogens with zero attached hydrogens (tertiary/aromatic N) is 1. The van der Waals surface area contributed by atoms with Crippen molar-refractivity contribution in [2.45, 2.75) is 59.2 Å². The molecular formula is C14H24N2O. The van der Waals surface area contributed by atoms with Gasteiger partial charge in [-0.1, -0.05) is 27.7 Å². The third-order valence-electron chi connectivity index (χ3n) is 2.70. The van der Waals surface area contributed by atoms with E-state index in [0.29, 0.717) is 12.1 Å². The lowest BCUT2D eigenvalue weighted by Gasteiger charge is -2.15. The highest BCUT2D eigenvalue weighted by atomic mass is 16.5. The molecule has 3 nitrogen and oxygen atoms in total. The summed E-state index contributed by atoms with van der Waals surface area (Å²) in [6.45, 7) is 9.35. The molecule has 0 amide bonds. The van der Waals surface area contributed by atoms with Crippen LogP contribution in [0, 0.1) is 0 Å². The van der Waals surface area contributed by atoms with Crippen LogP contribution in [0.1, 0.15) is 46.2 Å². The summed E-state index contributed by atoms with van der Waals surface area (Å²) in [6, 6.07) is 4.51. The van der Waals surface area contributed by atoms with Crippen LogP contribution in [0.5, 0.6) is 5.75 Å². The van der Waals surface area contributed by atoms with Gasteiger partial charge in [-0.15, -0.1) is 0 Å². The van der Waals surface area contributed by atoms with Crippen LogP contribution in [0.3, 0.4) is 0 Å². The first-order chi connectivity index (χ1) is 8.15. The number of hydrogen-bond donors (Lipinski definition) is 1. The molecule has 0 unspecified atom stereocenters. The number of nitrogens with one attached hydrogen (secondary N) is 1. The first-order valence-corrected chi connectivity index (χ1v) is 6.50. The molecule has 0 saturated heterocycles. The van der Waals surface area contributed by atoms with Gasteiger partial charge in [0.05, 0.1) is 18.0 Å². The molecule has 0 bridgehead atoms. The van der Waals surface area contributed by atoms with E-state index in [2.05, 4.69) is 38.0 Å². The first kappa shape index (κ1) is 14.0. The van der Waals surface area contributed by atoms with E-state index < -0.39 is 0 Å². The van der Waals surface area contributed by atoms with Crippen molar-refractivity contribution in [2.75, 3.05) is 0 Å². The Kier molecular flexibility index (Phi) is 5.98. The van der Waals surface area contributed by atoms with Crippen molar-refractivity contribution in [3.05, 3.63) is 24.0 Å². The molecule has 0 saturated carbocycles. The average molecular weight is 236 g/mol. The number of rotatable bonds is 7. The molecule has 0 aliphatic carbocycles. The normalized spacial score (nSPS) is 11.2. The second-order valence-electron chi connectivity index (χ2n) is 4.58. The highest BCUT2D eigenvalue weighted by molar-refractivity contribution is 5.20. The third kappa shape index (κ3) is 5.18. The quantitative estimate of drug-likeness (QED) is 0.789. The summed E-state index contributed by atoms with van der Waals surface area (Å²) in [5.41, 5.74) is 1.05. The van der Waals surface area contributed by atoms with Gasteiger partial charge >= 0.3 is 0 Å². The van der Waals surface area contributed by atoms with E-state index in [1.165, 1.54) is 0 Å². The minimum atomic E-state index is 0.302. The van der Waals surface area contributed by atoms with Gasteiger partial charge < -0.3 is 10.1 Å². The third-order valence-corrected chi connectivity index (χ3v) is 2.70. The zero-order valence-electron chi connectivity index (χ0n) is 11.4. The largest absolute Gasteiger partial charge is 0.489 e. The Bertz CT molecular complexity index is 305. The van der Waals surface area contributed by atoms with E-state index in [-0.39, 0.29) is 0 Å². The number of aromatic nitrogens is 1. The topological polar surface area (TPSA) is 34.1 Å². The Balaban J connectivity index is 2.49. The lowest BCUT2D eigenvalue weighted by molar-refractivity contribution is 0.192. The molecule has 17 heavy (non-hydrogen) atoms. The van der Waals surface area contributed by atoms with Crippen molar-refractivity contribution in [1.29, 1.82) is 0 Å². The van der Waals surface area contributed by atoms with Crippen molar-refractivity contribution in [3.8, 4) is 5.75 Å². The van der Waals surface area contributed by atoms with Gasteiger partial charge in [0.25, 0.3) is 0 Å². The summed E-state index contributed by atoms with van der Waals surface area (Å²) < 4.78 is 5.81. The molecule has 0 fully saturated rings. The van der Waals surface area contributed by atoms with Crippen LogP contribution in [0.2, 0.25) is 0 Å². The highest BCUT2D eigenvalue weighted by Crippen LogP contribution is 2.14. The Labute approximate surface area is 105 Å². The van der Waals surface area contributed by atoms with E-state index in [9.17, 15) is 0 Å². The Morgan fingerprint density at radius 3 is 2.41 bits per heavy atom. The van der Waals surface area contributed by atoms with Gasteiger partial charge in [-0.25, -0.2) is 0 Å². The molecule has 1 rings (SSSR count). The van der Waals surface area contributed by atoms with E-state index in [1.807, 2.05) is 18.3 Å². The Morgan fingerprint density at radius 2 is 1.94 bits per heavy atom. The van der Waals surface area contributed by atoms with Crippen LogP contribution in [-0.4, -0.2) is 17.1 Å². The second kappa shape index (κ2) is 7.28. The van der Waals surface area contributed by atoms with Crippen LogP contribution in [0.25, 0.3) is 0 Å². The van der Waals surface area contributed by atoms with E-state index in [4.69, 9.17) is 4.74 Å². The van der Waals surface area contributed by atoms with Gasteiger partial charge in [0.1, 0.15) is 5.75 Å². The molecule has 0 atom stereocenters. The van der Waals surface area contributed by atoms with Crippen LogP contribution < -0.4 is 10.1 Å². The molecule has 0 aliphatic rings. The zero-order chi connectivity index (χ0) is 12.7. The summed E-state index contributed by atoms with van der Waals surface area (Å²) in [7, 11) is 0. The monoisotopic (exact) mass is 236 g/mol. The summed E-state index contributed by atoms with van der Waals surface area (Å²) in [5.74, 6) is 0.868. The molecule has 0 aromatic carbocycles. The van der Waals surface area contributed by atoms with Crippen LogP contribution in [0.15, 0.2) is 18.3 Å². The van der Waals surface area contributed by atoms with Crippen molar-refractivity contribution in [1.82, 2.24) is 10.3 Å². The van der Waals surface area contributed by atoms with E-state index >= 15 is 0 Å². The Hall–Kier alpha value is -1.09. The SMILES string of the molecule is CCC(CC)Oc1ccc(CNC(C)C)nc1. The molecule has 0 spiro atoms. The minimum Gasteiger partial charge on any atom is -0.489 e. The Morgan fingerprint density at radius 1 is 1.24 bits per heavy atom. The van der Waals surface area contributed by atoms with Gasteiger partial charge in [-0.3, -0.25) is 4.98 Å². The van der Waals surface area contributed by atoms with Gasteiger partial charge in [-0.05, 0) is 25.0 Å². The summed E-state index contributed by atoms with van der Waals surface area (Å²) in [6.07, 6.45) is 4.19. The standard InChI is InChI=1S/C14H24N2O/c1-5-13(6-2)17-14-8-7-12(16-10-14)9-15-11(3)4/h7-8,10-11,13,15H,5-6,9H2,1-4H3. The zero-order valence-corrected chi connectivity index (χ0v) is 11.4. The maximum atomic E-state index is 5.81. The second-order valence-corrected chi connectivity index (χ2v) is 4.58. The smallest absolute Gasteiger partial charge is 0.138 e. The predicted molar refractivity (Wildman–Crippen MR) is 71.2 cm³/mol. The lowest BCUT2D eigenvalue weighted by atomic mass is 10.2. The molecule has 1 N–H and O–H groups in total. The summed E-state index contributed by atoms with van der Waals surface area (Å²) in [4.78, 5) is 4.38. The van der Waals surface area contributed by atoms with Gasteiger partial charge in [-0.2, -0.15) is 0 Å². The molecule has 1 aromatic rings. The molecule has 3 heteroatoms. The minimum absolute atomic E-state index is 0.302. The number of pyridine rings is 1. The molecular weight excluding hydrogens is 212 g/mol. The van der Waals surface area contributed by atoms with Crippen LogP contribution in [0.4, 0.5) is 0 Å². The van der Waals surface area contributed by atoms with Crippen LogP contribution >= 0.6 is 0 Å². The van der Waals surface area contributed by atoms with Crippen molar-refractivity contribution < 1.29 is 4.74 Å². The van der Waals surface area contributed by atoms with E-state index in [0.717, 1.165) is 30.8 Å². The maximum absolute atomic E-state index is 5.81. The molecule has 1 heterocycles. The van der Waals surface area contributed by atoms with Gasteiger partial charge in [0, 0.05) is 12.6 Å². The fraction of sp³-hybridized carbons (Fsp3) is 0.643. The summed E-state index contributed by atoms with van der Waals surface area (Å²) >= 11 is 0. The van der Waals surface area contributed by atoms with Gasteiger partial charge in [0.15, 0.2) is 0 Å². The summed E-state index contributed by atoms with van der Waals surface area (Å²) in [5, 5.41) is 3.34. The lowest BCUT2D eigenvalue weighted by Crippen LogP contribution is -2.22. The van der Waals surface area contributed by atoms with Crippen LogP contribution in [-0.2, 0) is 6.54 Å². The number of ether oxygens (including phenoxy) is 1. The van der Waals surface area contributed by atoms with Crippen molar-refractivity contribution in [3.63, 3.8) is 0 Å². The first-order valence-electron chi connectivity index (χ1n) is 6.50. The molecule has 0 radical (unpaired) electrons. The molecule has 1 aromatic heterocycles. The predicted octanol–water partition coefficient (Wildman–Crippen LogP) is 3.15. The van der Waals surface area contributed by atoms with Crippen molar-refractivity contribution >= 4 is 0 Å². The fourth-order valence-electron chi connectivity index (χ4n) is 1.54. The van der Waals surface area contributed by atoms with Crippen molar-refractivity contribution in [2.24, 2.45) is 0 Å². The van der Waals surface area contributed by atoms with Gasteiger partial charge in [0.2, 0.25) is 0 Å². The number of hydrogen-bond acceptors (Lipinski definition) is 3. The maximum Gasteiger partial charge on any atom is 0.138 e. The van der Waals surface area contributed by atoms with E-state index in [1.54, 1.807) is 0 Å².